The standard InChI is InChI=1S/C108H186N2O6/c1-11-17-61-111-85-69-97(113-63-19-13-3)107(98(70-85)114-64-20-14-4)109(83-57-45-77(46-58-83)67-95(79-49-37-73(7)38-50-79)80-51-39-74(8)40-52-80)105-89-31-25-23-29-87(89)101-92-34-28-36-94-104(92)102(91-33-27-35-93(105)103(91)101)88-30-24-26-32-90(88)106(94)110(108-99(115-65-21-15-5)71-86(112-62-18-12-2)72-100(108)116-66-22-16-6)84-59-47-78(48-60-84)68-96(81-53-41-75(9)42-54-81)82-55-43-76(10)44-56-82/h67-68,73-94,97-108H,11-66,69-72H2,1-10H3. The number of allylic oxidation sites excluding steroid dienone is 4. The lowest BCUT2D eigenvalue weighted by molar-refractivity contribution is -0.254. The molecule has 18 unspecified atom stereocenters. The molecule has 15 fully saturated rings. The van der Waals surface area contributed by atoms with Crippen LogP contribution in [0.3, 0.4) is 0 Å². The van der Waals surface area contributed by atoms with E-state index in [2.05, 4.69) is 91.2 Å². The fourth-order valence-corrected chi connectivity index (χ4v) is 31.8. The smallest absolute Gasteiger partial charge is 0.0780 e. The predicted molar refractivity (Wildman–Crippen MR) is 484 cm³/mol. The van der Waals surface area contributed by atoms with Crippen LogP contribution < -0.4 is 0 Å². The van der Waals surface area contributed by atoms with Crippen LogP contribution in [0.5, 0.6) is 0 Å². The number of unbranched alkanes of at least 4 members (excludes halogenated alkanes) is 6. The second kappa shape index (κ2) is 44.5. The highest BCUT2D eigenvalue weighted by atomic mass is 16.5. The van der Waals surface area contributed by atoms with Crippen LogP contribution in [0.4, 0.5) is 0 Å². The first-order valence-corrected chi connectivity index (χ1v) is 53.6. The van der Waals surface area contributed by atoms with E-state index in [4.69, 9.17) is 28.4 Å². The van der Waals surface area contributed by atoms with E-state index in [-0.39, 0.29) is 48.7 Å². The molecule has 664 valence electrons. The number of rotatable bonds is 36. The van der Waals surface area contributed by atoms with Crippen molar-refractivity contribution in [1.82, 2.24) is 9.80 Å². The zero-order chi connectivity index (χ0) is 80.0. The van der Waals surface area contributed by atoms with Gasteiger partial charge in [0, 0.05) is 89.5 Å². The molecule has 0 bridgehead atoms. The van der Waals surface area contributed by atoms with E-state index in [1.807, 2.05) is 11.1 Å². The molecule has 0 radical (unpaired) electrons. The van der Waals surface area contributed by atoms with Gasteiger partial charge in [0.05, 0.1) is 48.7 Å². The number of nitrogens with zero attached hydrogens (tertiary/aromatic N) is 2. The lowest BCUT2D eigenvalue weighted by Gasteiger charge is -2.73. The van der Waals surface area contributed by atoms with Gasteiger partial charge >= 0.3 is 0 Å². The number of hydrogen-bond acceptors (Lipinski definition) is 8. The summed E-state index contributed by atoms with van der Waals surface area (Å²) in [7, 11) is 0. The highest BCUT2D eigenvalue weighted by molar-refractivity contribution is 5.22. The van der Waals surface area contributed by atoms with Gasteiger partial charge in [-0.3, -0.25) is 9.80 Å². The third-order valence-electron chi connectivity index (χ3n) is 37.5. The zero-order valence-electron chi connectivity index (χ0n) is 77.6. The van der Waals surface area contributed by atoms with E-state index in [0.717, 1.165) is 234 Å². The molecule has 8 nitrogen and oxygen atoms in total. The quantitative estimate of drug-likeness (QED) is 0.0454. The molecule has 0 N–H and O–H groups in total. The maximum atomic E-state index is 7.76. The minimum Gasteiger partial charge on any atom is -0.378 e. The molecule has 15 aliphatic carbocycles. The molecular formula is C108H186N2O6. The third-order valence-corrected chi connectivity index (χ3v) is 37.5. The van der Waals surface area contributed by atoms with Gasteiger partial charge in [-0.2, -0.15) is 0 Å². The van der Waals surface area contributed by atoms with Crippen LogP contribution in [-0.4, -0.2) is 122 Å². The van der Waals surface area contributed by atoms with Gasteiger partial charge in [0.25, 0.3) is 0 Å². The minimum atomic E-state index is 0.146. The van der Waals surface area contributed by atoms with E-state index in [1.54, 1.807) is 0 Å². The molecule has 15 rings (SSSR count). The first kappa shape index (κ1) is 90.0. The Hall–Kier alpha value is -0.840. The molecule has 15 saturated carbocycles. The van der Waals surface area contributed by atoms with Gasteiger partial charge in [0.2, 0.25) is 0 Å². The molecule has 0 saturated heterocycles. The fraction of sp³-hybridized carbons (Fsp3) is 0.963. The fourth-order valence-electron chi connectivity index (χ4n) is 31.8. The summed E-state index contributed by atoms with van der Waals surface area (Å²) in [5, 5.41) is 0. The van der Waals surface area contributed by atoms with Gasteiger partial charge in [-0.1, -0.05) is 221 Å². The molecule has 8 heteroatoms. The van der Waals surface area contributed by atoms with Gasteiger partial charge in [-0.15, -0.1) is 0 Å². The maximum Gasteiger partial charge on any atom is 0.0780 e. The first-order chi connectivity index (χ1) is 57.0. The summed E-state index contributed by atoms with van der Waals surface area (Å²) >= 11 is 0. The van der Waals surface area contributed by atoms with Crippen LogP contribution in [-0.2, 0) is 28.4 Å². The first-order valence-electron chi connectivity index (χ1n) is 53.6. The van der Waals surface area contributed by atoms with Crippen molar-refractivity contribution in [3.63, 3.8) is 0 Å². The van der Waals surface area contributed by atoms with Crippen molar-refractivity contribution < 1.29 is 28.4 Å². The number of ether oxygens (including phenoxy) is 6. The predicted octanol–water partition coefficient (Wildman–Crippen LogP) is 28.0. The second-order valence-electron chi connectivity index (χ2n) is 44.9. The average Bonchev–Trinajstić information content (AvgIpc) is 0.682. The van der Waals surface area contributed by atoms with E-state index in [9.17, 15) is 0 Å². The van der Waals surface area contributed by atoms with Crippen LogP contribution >= 0.6 is 0 Å². The van der Waals surface area contributed by atoms with Crippen molar-refractivity contribution in [2.75, 3.05) is 39.6 Å². The van der Waals surface area contributed by atoms with E-state index in [0.29, 0.717) is 24.2 Å². The Morgan fingerprint density at radius 2 is 0.500 bits per heavy atom. The Kier molecular flexibility index (Phi) is 34.5. The van der Waals surface area contributed by atoms with E-state index in [1.165, 1.54) is 283 Å². The number of fused-ring (bicyclic) bond motifs is 6. The van der Waals surface area contributed by atoms with Gasteiger partial charge in [-0.25, -0.2) is 0 Å². The Labute approximate surface area is 716 Å². The van der Waals surface area contributed by atoms with Crippen LogP contribution in [0, 0.1) is 130 Å². The van der Waals surface area contributed by atoms with Crippen molar-refractivity contribution in [3.05, 3.63) is 23.3 Å². The van der Waals surface area contributed by atoms with Gasteiger partial charge < -0.3 is 28.4 Å². The van der Waals surface area contributed by atoms with Gasteiger partial charge in [0.15, 0.2) is 0 Å². The van der Waals surface area contributed by atoms with Gasteiger partial charge in [0.1, 0.15) is 0 Å². The summed E-state index contributed by atoms with van der Waals surface area (Å²) in [6, 6.07) is 3.01. The van der Waals surface area contributed by atoms with Gasteiger partial charge in [-0.05, 0) is 323 Å². The van der Waals surface area contributed by atoms with Crippen molar-refractivity contribution in [3.8, 4) is 0 Å². The normalized spacial score (nSPS) is 44.0. The summed E-state index contributed by atoms with van der Waals surface area (Å²) < 4.78 is 45.3. The van der Waals surface area contributed by atoms with E-state index >= 15 is 0 Å². The summed E-state index contributed by atoms with van der Waals surface area (Å²) in [6.07, 6.45) is 80.1. The highest BCUT2D eigenvalue weighted by Crippen LogP contribution is 2.72. The maximum absolute atomic E-state index is 7.76. The molecule has 0 amide bonds. The monoisotopic (exact) mass is 1610 g/mol. The third kappa shape index (κ3) is 21.2. The van der Waals surface area contributed by atoms with E-state index < -0.39 is 0 Å². The van der Waals surface area contributed by atoms with Crippen molar-refractivity contribution in [2.45, 2.75) is 489 Å². The molecule has 0 spiro atoms. The van der Waals surface area contributed by atoms with Crippen LogP contribution in [0.15, 0.2) is 23.3 Å². The van der Waals surface area contributed by atoms with Crippen LogP contribution in [0.1, 0.15) is 416 Å². The zero-order valence-corrected chi connectivity index (χ0v) is 77.6. The molecule has 0 heterocycles. The average molecular weight is 1610 g/mol. The van der Waals surface area contributed by atoms with Crippen LogP contribution in [0.25, 0.3) is 0 Å². The second-order valence-corrected chi connectivity index (χ2v) is 44.9. The SMILES string of the molecule is CCCCOC1CC(OCCCC)C(N(C2CCC(C=C(C3CCC(C)CC3)C3CCC(C)CC3)CC2)C2C3CCCCC3C3C4CCCC5C4C(C4CCCCC4C5N(C4CCC(C=C(C5CCC(C)CC5)C5CCC(C)CC5)CC4)C4C(OCCCC)CC(OCCCC)CC4OCCCC)C4CCCC2C43)C(OCCCC)C1. The molecule has 0 aromatic carbocycles. The Balaban J connectivity index is 0.811. The molecule has 0 aliphatic heterocycles. The summed E-state index contributed by atoms with van der Waals surface area (Å²) in [5.41, 5.74) is 3.95. The Bertz CT molecular complexity index is 2590. The summed E-state index contributed by atoms with van der Waals surface area (Å²) in [6.45, 7) is 29.8. The lowest BCUT2D eigenvalue weighted by Crippen LogP contribution is -2.74. The van der Waals surface area contributed by atoms with Crippen molar-refractivity contribution in [1.29, 1.82) is 0 Å². The topological polar surface area (TPSA) is 61.9 Å². The Morgan fingerprint density at radius 3 is 0.784 bits per heavy atom. The lowest BCUT2D eigenvalue weighted by atomic mass is 9.35. The minimum absolute atomic E-state index is 0.146. The molecular weight excluding hydrogens is 1420 g/mol. The molecule has 18 atom stereocenters. The molecule has 15 aliphatic rings. The summed E-state index contributed by atoms with van der Waals surface area (Å²) in [4.78, 5) is 7.09. The van der Waals surface area contributed by atoms with Crippen LogP contribution in [0.2, 0.25) is 0 Å². The van der Waals surface area contributed by atoms with Crippen molar-refractivity contribution in [2.24, 2.45) is 130 Å². The Morgan fingerprint density at radius 1 is 0.250 bits per heavy atom. The molecule has 0 aromatic rings. The van der Waals surface area contributed by atoms with Crippen molar-refractivity contribution >= 4 is 0 Å². The highest BCUT2D eigenvalue weighted by Gasteiger charge is 2.70. The largest absolute Gasteiger partial charge is 0.378 e. The molecule has 0 aromatic heterocycles. The summed E-state index contributed by atoms with van der Waals surface area (Å²) in [5.74, 6) is 18.4. The molecule has 116 heavy (non-hydrogen) atoms. The number of hydrogen-bond donors (Lipinski definition) is 0.